The maximum Gasteiger partial charge on any atom is 0.339 e. The number of benzene rings is 3. The molecule has 3 aromatic carbocycles. The minimum Gasteiger partial charge on any atom is -0.465 e. The van der Waals surface area contributed by atoms with Crippen molar-refractivity contribution in [1.29, 1.82) is 0 Å². The third-order valence-corrected chi connectivity index (χ3v) is 4.41. The van der Waals surface area contributed by atoms with Gasteiger partial charge in [0.25, 0.3) is 5.69 Å². The third kappa shape index (κ3) is 4.99. The maximum atomic E-state index is 13.0. The van der Waals surface area contributed by atoms with Gasteiger partial charge < -0.3 is 9.47 Å². The van der Waals surface area contributed by atoms with Gasteiger partial charge in [-0.1, -0.05) is 60.7 Å². The average Bonchev–Trinajstić information content (AvgIpc) is 2.82. The monoisotopic (exact) mass is 419 g/mol. The molecule has 3 aromatic rings. The third-order valence-electron chi connectivity index (χ3n) is 4.41. The van der Waals surface area contributed by atoms with Gasteiger partial charge in [-0.25, -0.2) is 9.59 Å². The van der Waals surface area contributed by atoms with Crippen LogP contribution in [0, 0.1) is 10.1 Å². The van der Waals surface area contributed by atoms with Crippen molar-refractivity contribution in [2.75, 3.05) is 7.11 Å². The van der Waals surface area contributed by atoms with Crippen molar-refractivity contribution in [2.24, 2.45) is 0 Å². The van der Waals surface area contributed by atoms with Crippen LogP contribution in [0.2, 0.25) is 0 Å². The normalized spacial score (nSPS) is 11.3. The Labute approximate surface area is 177 Å². The first-order chi connectivity index (χ1) is 14.9. The molecule has 1 unspecified atom stereocenters. The quantitative estimate of drug-likeness (QED) is 0.244. The summed E-state index contributed by atoms with van der Waals surface area (Å²) in [6, 6.07) is 19.8. The second-order valence-electron chi connectivity index (χ2n) is 6.44. The van der Waals surface area contributed by atoms with E-state index in [0.29, 0.717) is 11.1 Å². The molecule has 0 N–H and O–H groups in total. The second-order valence-corrected chi connectivity index (χ2v) is 6.44. The average molecular weight is 419 g/mol. The van der Waals surface area contributed by atoms with Crippen LogP contribution in [0.1, 0.15) is 42.7 Å². The Hall–Kier alpha value is -4.33. The topological polar surface area (TPSA) is 113 Å². The molecule has 0 fully saturated rings. The molecule has 0 heterocycles. The number of Topliss-reactive ketones (excluding diaryl/α,β-unsaturated/α-hetero) is 1. The molecule has 31 heavy (non-hydrogen) atoms. The zero-order valence-corrected chi connectivity index (χ0v) is 16.4. The Morgan fingerprint density at radius 1 is 0.806 bits per heavy atom. The lowest BCUT2D eigenvalue weighted by atomic mass is 9.99. The first-order valence-electron chi connectivity index (χ1n) is 9.13. The van der Waals surface area contributed by atoms with Gasteiger partial charge in [0.1, 0.15) is 0 Å². The van der Waals surface area contributed by atoms with E-state index in [2.05, 4.69) is 4.74 Å². The summed E-state index contributed by atoms with van der Waals surface area (Å²) in [5.41, 5.74) is -0.159. The van der Waals surface area contributed by atoms with Crippen molar-refractivity contribution in [3.8, 4) is 0 Å². The molecule has 0 radical (unpaired) electrons. The van der Waals surface area contributed by atoms with Gasteiger partial charge in [-0.05, 0) is 6.07 Å². The van der Waals surface area contributed by atoms with E-state index in [1.54, 1.807) is 60.7 Å². The van der Waals surface area contributed by atoms with Crippen LogP contribution in [-0.4, -0.2) is 29.8 Å². The number of ketones is 1. The van der Waals surface area contributed by atoms with Crippen molar-refractivity contribution >= 4 is 23.4 Å². The summed E-state index contributed by atoms with van der Waals surface area (Å²) in [7, 11) is 1.11. The second kappa shape index (κ2) is 9.45. The molecule has 0 saturated heterocycles. The molecule has 3 rings (SSSR count). The van der Waals surface area contributed by atoms with E-state index in [1.165, 1.54) is 0 Å². The van der Waals surface area contributed by atoms with Crippen LogP contribution in [0.25, 0.3) is 0 Å². The SMILES string of the molecule is COC(=O)c1cc(C(=O)OC(C(=O)c2ccccc2)c2ccccc2)cc([N+](=O)[O-])c1. The maximum absolute atomic E-state index is 13.0. The number of non-ortho nitro benzene ring substituents is 1. The highest BCUT2D eigenvalue weighted by Crippen LogP contribution is 2.26. The Kier molecular flexibility index (Phi) is 6.51. The summed E-state index contributed by atoms with van der Waals surface area (Å²) in [6.07, 6.45) is -1.28. The van der Waals surface area contributed by atoms with E-state index in [9.17, 15) is 24.5 Å². The summed E-state index contributed by atoms with van der Waals surface area (Å²) in [5.74, 6) is -2.30. The van der Waals surface area contributed by atoms with E-state index in [1.807, 2.05) is 0 Å². The van der Waals surface area contributed by atoms with Gasteiger partial charge in [0.15, 0.2) is 6.10 Å². The van der Waals surface area contributed by atoms with E-state index in [0.717, 1.165) is 25.3 Å². The summed E-state index contributed by atoms with van der Waals surface area (Å²) < 4.78 is 10.1. The largest absolute Gasteiger partial charge is 0.465 e. The molecule has 1 atom stereocenters. The molecule has 0 spiro atoms. The molecule has 0 amide bonds. The van der Waals surface area contributed by atoms with E-state index in [4.69, 9.17) is 4.74 Å². The van der Waals surface area contributed by atoms with Crippen molar-refractivity contribution in [3.05, 3.63) is 111 Å². The number of methoxy groups -OCH3 is 1. The predicted octanol–water partition coefficient (Wildman–Crippen LogP) is 4.16. The Bertz CT molecular complexity index is 1130. The van der Waals surface area contributed by atoms with Crippen LogP contribution in [0.5, 0.6) is 0 Å². The lowest BCUT2D eigenvalue weighted by molar-refractivity contribution is -0.384. The standard InChI is InChI=1S/C23H17NO7/c1-30-22(26)17-12-18(14-19(13-17)24(28)29)23(27)31-21(16-10-6-3-7-11-16)20(25)15-8-4-2-5-9-15/h2-14,21H,1H3. The van der Waals surface area contributed by atoms with Crippen LogP contribution >= 0.6 is 0 Å². The minimum atomic E-state index is -1.28. The molecule has 0 bridgehead atoms. The zero-order chi connectivity index (χ0) is 22.4. The highest BCUT2D eigenvalue weighted by atomic mass is 16.6. The fourth-order valence-corrected chi connectivity index (χ4v) is 2.90. The Balaban J connectivity index is 1.99. The van der Waals surface area contributed by atoms with Crippen LogP contribution < -0.4 is 0 Å². The first-order valence-corrected chi connectivity index (χ1v) is 9.13. The Morgan fingerprint density at radius 2 is 1.35 bits per heavy atom. The molecule has 0 aliphatic rings. The number of carbonyl (C=O) groups is 3. The molecule has 0 aromatic heterocycles. The highest BCUT2D eigenvalue weighted by Gasteiger charge is 2.28. The lowest BCUT2D eigenvalue weighted by Gasteiger charge is -2.17. The van der Waals surface area contributed by atoms with Crippen LogP contribution in [0.3, 0.4) is 0 Å². The Morgan fingerprint density at radius 3 is 1.90 bits per heavy atom. The molecule has 0 aliphatic carbocycles. The van der Waals surface area contributed by atoms with Gasteiger partial charge in [-0.15, -0.1) is 0 Å². The highest BCUT2D eigenvalue weighted by molar-refractivity contribution is 6.02. The van der Waals surface area contributed by atoms with Gasteiger partial charge >= 0.3 is 11.9 Å². The van der Waals surface area contributed by atoms with Gasteiger partial charge in [0, 0.05) is 23.3 Å². The molecular weight excluding hydrogens is 402 g/mol. The van der Waals surface area contributed by atoms with Crippen molar-refractivity contribution in [2.45, 2.75) is 6.10 Å². The molecule has 0 saturated carbocycles. The summed E-state index contributed by atoms with van der Waals surface area (Å²) in [5, 5.41) is 11.2. The fraction of sp³-hybridized carbons (Fsp3) is 0.0870. The van der Waals surface area contributed by atoms with Crippen molar-refractivity contribution in [1.82, 2.24) is 0 Å². The number of ether oxygens (including phenoxy) is 2. The predicted molar refractivity (Wildman–Crippen MR) is 110 cm³/mol. The van der Waals surface area contributed by atoms with Crippen molar-refractivity contribution < 1.29 is 28.8 Å². The number of nitro groups is 1. The summed E-state index contributed by atoms with van der Waals surface area (Å²) in [6.45, 7) is 0. The smallest absolute Gasteiger partial charge is 0.339 e. The first kappa shape index (κ1) is 21.4. The number of hydrogen-bond donors (Lipinski definition) is 0. The summed E-state index contributed by atoms with van der Waals surface area (Å²) >= 11 is 0. The van der Waals surface area contributed by atoms with Crippen LogP contribution in [0.4, 0.5) is 5.69 Å². The number of nitro benzene ring substituents is 1. The van der Waals surface area contributed by atoms with E-state index < -0.39 is 34.4 Å². The molecular formula is C23H17NO7. The molecule has 8 heteroatoms. The number of hydrogen-bond acceptors (Lipinski definition) is 7. The van der Waals surface area contributed by atoms with Gasteiger partial charge in [0.05, 0.1) is 23.2 Å². The number of carbonyl (C=O) groups excluding carboxylic acids is 3. The van der Waals surface area contributed by atoms with Gasteiger partial charge in [-0.2, -0.15) is 0 Å². The minimum absolute atomic E-state index is 0.186. The van der Waals surface area contributed by atoms with Gasteiger partial charge in [0.2, 0.25) is 5.78 Å². The fourth-order valence-electron chi connectivity index (χ4n) is 2.90. The molecule has 0 aliphatic heterocycles. The lowest BCUT2D eigenvalue weighted by Crippen LogP contribution is -2.20. The zero-order valence-electron chi connectivity index (χ0n) is 16.4. The molecule has 8 nitrogen and oxygen atoms in total. The van der Waals surface area contributed by atoms with Crippen molar-refractivity contribution in [3.63, 3.8) is 0 Å². The van der Waals surface area contributed by atoms with E-state index >= 15 is 0 Å². The number of esters is 2. The van der Waals surface area contributed by atoms with Crippen LogP contribution in [0.15, 0.2) is 78.9 Å². The van der Waals surface area contributed by atoms with Crippen LogP contribution in [-0.2, 0) is 9.47 Å². The van der Waals surface area contributed by atoms with Gasteiger partial charge in [-0.3, -0.25) is 14.9 Å². The molecule has 156 valence electrons. The number of rotatable bonds is 7. The number of nitrogens with zero attached hydrogens (tertiary/aromatic N) is 1. The summed E-state index contributed by atoms with van der Waals surface area (Å²) in [4.78, 5) is 48.2. The van der Waals surface area contributed by atoms with E-state index in [-0.39, 0.29) is 11.1 Å².